The maximum atomic E-state index is 12.9. The molecule has 1 fully saturated rings. The molecule has 0 unspecified atom stereocenters. The smallest absolute Gasteiger partial charge is 0.266 e. The fourth-order valence-electron chi connectivity index (χ4n) is 3.88. The van der Waals surface area contributed by atoms with E-state index in [2.05, 4.69) is 39.5 Å². The largest absolute Gasteiger partial charge is 0.289 e. The third kappa shape index (κ3) is 4.13. The summed E-state index contributed by atoms with van der Waals surface area (Å²) in [5.74, 6) is -0.0920. The van der Waals surface area contributed by atoms with Gasteiger partial charge in [0.2, 0.25) is 0 Å². The van der Waals surface area contributed by atoms with Crippen molar-refractivity contribution in [1.29, 1.82) is 0 Å². The van der Waals surface area contributed by atoms with Crippen molar-refractivity contribution in [2.24, 2.45) is 0 Å². The molecule has 0 N–H and O–H groups in total. The summed E-state index contributed by atoms with van der Waals surface area (Å²) in [6, 6.07) is 14.3. The number of amides is 1. The Hall–Kier alpha value is -2.96. The van der Waals surface area contributed by atoms with Crippen molar-refractivity contribution in [3.8, 4) is 16.9 Å². The van der Waals surface area contributed by atoms with Gasteiger partial charge in [-0.2, -0.15) is 5.10 Å². The van der Waals surface area contributed by atoms with Gasteiger partial charge in [-0.05, 0) is 50.1 Å². The van der Waals surface area contributed by atoms with Crippen LogP contribution in [0, 0.1) is 20.8 Å². The van der Waals surface area contributed by atoms with Gasteiger partial charge in [0.15, 0.2) is 0 Å². The van der Waals surface area contributed by atoms with Crippen molar-refractivity contribution in [2.75, 3.05) is 6.54 Å². The summed E-state index contributed by atoms with van der Waals surface area (Å²) >= 11 is 6.72. The number of nitrogens with zero attached hydrogens (tertiary/aromatic N) is 3. The van der Waals surface area contributed by atoms with E-state index < -0.39 is 0 Å². The minimum Gasteiger partial charge on any atom is -0.289 e. The number of rotatable bonds is 5. The van der Waals surface area contributed by atoms with Gasteiger partial charge in [0.25, 0.3) is 5.91 Å². The molecule has 1 aliphatic rings. The van der Waals surface area contributed by atoms with Gasteiger partial charge < -0.3 is 0 Å². The average Bonchev–Trinajstić information content (AvgIpc) is 3.25. The van der Waals surface area contributed by atoms with Crippen molar-refractivity contribution < 1.29 is 4.79 Å². The number of thiocarbonyl (C=S) groups is 1. The minimum atomic E-state index is -0.0920. The normalized spacial score (nSPS) is 15.2. The molecule has 0 spiro atoms. The van der Waals surface area contributed by atoms with Gasteiger partial charge in [-0.1, -0.05) is 66.0 Å². The van der Waals surface area contributed by atoms with E-state index in [9.17, 15) is 4.79 Å². The maximum absolute atomic E-state index is 12.9. The van der Waals surface area contributed by atoms with Gasteiger partial charge in [0, 0.05) is 23.9 Å². The van der Waals surface area contributed by atoms with Gasteiger partial charge in [-0.25, -0.2) is 4.68 Å². The second-order valence-corrected chi connectivity index (χ2v) is 9.24. The van der Waals surface area contributed by atoms with Crippen molar-refractivity contribution in [3.05, 3.63) is 88.5 Å². The molecule has 0 atom stereocenters. The molecule has 1 aliphatic heterocycles. The number of benzene rings is 2. The van der Waals surface area contributed by atoms with Crippen LogP contribution in [0.25, 0.3) is 23.0 Å². The van der Waals surface area contributed by atoms with E-state index in [1.807, 2.05) is 47.3 Å². The van der Waals surface area contributed by atoms with Gasteiger partial charge in [0.1, 0.15) is 10.0 Å². The Morgan fingerprint density at radius 1 is 1.13 bits per heavy atom. The fourth-order valence-corrected chi connectivity index (χ4v) is 5.15. The predicted molar refractivity (Wildman–Crippen MR) is 133 cm³/mol. The molecule has 6 heteroatoms. The number of thioether (sulfide) groups is 1. The van der Waals surface area contributed by atoms with Crippen molar-refractivity contribution in [2.45, 2.75) is 20.8 Å². The van der Waals surface area contributed by atoms with Gasteiger partial charge in [-0.15, -0.1) is 6.58 Å². The molecular formula is C25H23N3OS2. The van der Waals surface area contributed by atoms with E-state index >= 15 is 0 Å². The Kier molecular flexibility index (Phi) is 5.94. The predicted octanol–water partition coefficient (Wildman–Crippen LogP) is 5.85. The summed E-state index contributed by atoms with van der Waals surface area (Å²) < 4.78 is 2.42. The molecule has 3 aromatic rings. The van der Waals surface area contributed by atoms with E-state index in [-0.39, 0.29) is 5.91 Å². The molecule has 1 amide bonds. The van der Waals surface area contributed by atoms with Gasteiger partial charge in [-0.3, -0.25) is 9.69 Å². The highest BCUT2D eigenvalue weighted by molar-refractivity contribution is 8.26. The molecule has 31 heavy (non-hydrogen) atoms. The molecule has 1 aromatic heterocycles. The number of carbonyl (C=O) groups excluding carboxylic acids is 1. The number of aromatic nitrogens is 2. The lowest BCUT2D eigenvalue weighted by Crippen LogP contribution is -2.27. The topological polar surface area (TPSA) is 38.1 Å². The minimum absolute atomic E-state index is 0.0920. The van der Waals surface area contributed by atoms with Crippen LogP contribution >= 0.6 is 24.0 Å². The highest BCUT2D eigenvalue weighted by Gasteiger charge is 2.31. The molecule has 0 aliphatic carbocycles. The molecule has 2 heterocycles. The van der Waals surface area contributed by atoms with E-state index in [1.54, 1.807) is 11.0 Å². The monoisotopic (exact) mass is 445 g/mol. The molecule has 0 radical (unpaired) electrons. The highest BCUT2D eigenvalue weighted by atomic mass is 32.2. The summed E-state index contributed by atoms with van der Waals surface area (Å²) in [7, 11) is 0. The van der Waals surface area contributed by atoms with Crippen LogP contribution in [0.1, 0.15) is 22.3 Å². The molecule has 0 bridgehead atoms. The molecule has 1 saturated heterocycles. The van der Waals surface area contributed by atoms with Crippen molar-refractivity contribution >= 4 is 40.3 Å². The second-order valence-electron chi connectivity index (χ2n) is 7.57. The van der Waals surface area contributed by atoms with E-state index in [4.69, 9.17) is 17.3 Å². The van der Waals surface area contributed by atoms with Crippen LogP contribution < -0.4 is 0 Å². The molecule has 0 saturated carbocycles. The quantitative estimate of drug-likeness (QED) is 0.280. The van der Waals surface area contributed by atoms with Gasteiger partial charge >= 0.3 is 0 Å². The highest BCUT2D eigenvalue weighted by Crippen LogP contribution is 2.36. The first kappa shape index (κ1) is 21.3. The van der Waals surface area contributed by atoms with Crippen molar-refractivity contribution in [3.63, 3.8) is 0 Å². The summed E-state index contributed by atoms with van der Waals surface area (Å²) in [6.07, 6.45) is 5.57. The maximum Gasteiger partial charge on any atom is 0.266 e. The lowest BCUT2D eigenvalue weighted by atomic mass is 9.95. The van der Waals surface area contributed by atoms with Crippen LogP contribution in [0.3, 0.4) is 0 Å². The zero-order valence-electron chi connectivity index (χ0n) is 17.8. The summed E-state index contributed by atoms with van der Waals surface area (Å²) in [6.45, 7) is 10.4. The number of para-hydroxylation sites is 1. The van der Waals surface area contributed by atoms with Crippen molar-refractivity contribution in [1.82, 2.24) is 14.7 Å². The number of aryl methyl sites for hydroxylation is 3. The molecule has 4 rings (SSSR count). The Balaban J connectivity index is 1.88. The lowest BCUT2D eigenvalue weighted by molar-refractivity contribution is -0.121. The number of hydrogen-bond donors (Lipinski definition) is 0. The van der Waals surface area contributed by atoms with Crippen LogP contribution in [0.2, 0.25) is 0 Å². The van der Waals surface area contributed by atoms with Gasteiger partial charge in [0.05, 0.1) is 10.6 Å². The molecule has 156 valence electrons. The molecule has 2 aromatic carbocycles. The van der Waals surface area contributed by atoms with Crippen LogP contribution in [0.5, 0.6) is 0 Å². The molecular weight excluding hydrogens is 422 g/mol. The SMILES string of the molecule is C=CCN1C(=O)/C(=C/c2cn(-c3ccccc3)nc2-c2c(C)cc(C)cc2C)SC1=S. The summed E-state index contributed by atoms with van der Waals surface area (Å²) in [4.78, 5) is 15.1. The van der Waals surface area contributed by atoms with E-state index in [1.165, 1.54) is 17.3 Å². The third-order valence-electron chi connectivity index (χ3n) is 5.15. The Morgan fingerprint density at radius 2 is 1.81 bits per heavy atom. The summed E-state index contributed by atoms with van der Waals surface area (Å²) in [5, 5.41) is 4.93. The number of carbonyl (C=O) groups is 1. The zero-order valence-corrected chi connectivity index (χ0v) is 19.4. The summed E-state index contributed by atoms with van der Waals surface area (Å²) in [5.41, 5.74) is 7.33. The van der Waals surface area contributed by atoms with E-state index in [0.29, 0.717) is 15.8 Å². The second kappa shape index (κ2) is 8.65. The Morgan fingerprint density at radius 3 is 2.45 bits per heavy atom. The lowest BCUT2D eigenvalue weighted by Gasteiger charge is -2.11. The Bertz CT molecular complexity index is 1200. The van der Waals surface area contributed by atoms with E-state index in [0.717, 1.165) is 33.6 Å². The molecule has 4 nitrogen and oxygen atoms in total. The first-order valence-electron chi connectivity index (χ1n) is 9.98. The van der Waals surface area contributed by atoms with Crippen LogP contribution in [-0.2, 0) is 4.79 Å². The van der Waals surface area contributed by atoms with Crippen LogP contribution in [0.4, 0.5) is 0 Å². The van der Waals surface area contributed by atoms with Crippen LogP contribution in [0.15, 0.2) is 66.2 Å². The van der Waals surface area contributed by atoms with Crippen LogP contribution in [-0.4, -0.2) is 31.5 Å². The first-order valence-corrected chi connectivity index (χ1v) is 11.2. The zero-order chi connectivity index (χ0) is 22.1. The Labute approximate surface area is 192 Å². The number of hydrogen-bond acceptors (Lipinski definition) is 4. The standard InChI is InChI=1S/C25H23N3OS2/c1-5-11-27-24(29)21(31-25(27)30)14-19-15-28(20-9-7-6-8-10-20)26-23(19)22-17(3)12-16(2)13-18(22)4/h5-10,12-15H,1,11H2,2-4H3/b21-14-. The third-order valence-corrected chi connectivity index (χ3v) is 6.53. The fraction of sp³-hybridized carbons (Fsp3) is 0.160. The first-order chi connectivity index (χ1) is 14.9. The average molecular weight is 446 g/mol.